The summed E-state index contributed by atoms with van der Waals surface area (Å²) in [6, 6.07) is 0.606. The lowest BCUT2D eigenvalue weighted by molar-refractivity contribution is 0.441. The lowest BCUT2D eigenvalue weighted by Gasteiger charge is -2.06. The molecule has 0 bridgehead atoms. The molecule has 3 rings (SSSR count). The fraction of sp³-hybridized carbons (Fsp3) is 1.00. The lowest BCUT2D eigenvalue weighted by Crippen LogP contribution is -2.13. The smallest absolute Gasteiger partial charge is 0.0105 e. The molecule has 3 aliphatic carbocycles. The van der Waals surface area contributed by atoms with E-state index in [0.717, 1.165) is 11.8 Å². The number of rotatable bonds is 0. The third kappa shape index (κ3) is 0.389. The average Bonchev–Trinajstić information content (AvgIpc) is 2.64. The van der Waals surface area contributed by atoms with Crippen LogP contribution in [-0.2, 0) is 0 Å². The highest BCUT2D eigenvalue weighted by molar-refractivity contribution is 5.20. The summed E-state index contributed by atoms with van der Waals surface area (Å²) in [5, 5.41) is 0. The minimum Gasteiger partial charge on any atom is -0.327 e. The molecule has 4 unspecified atom stereocenters. The molecule has 0 aromatic rings. The molecular weight excluding hydrogens is 110 g/mol. The van der Waals surface area contributed by atoms with Crippen LogP contribution in [0.5, 0.6) is 0 Å². The molecule has 50 valence electrons. The molecule has 9 heavy (non-hydrogen) atoms. The van der Waals surface area contributed by atoms with Gasteiger partial charge in [-0.05, 0) is 42.9 Å². The van der Waals surface area contributed by atoms with Crippen LogP contribution in [0, 0.1) is 17.3 Å². The molecular formula is C8H13N. The molecule has 3 saturated carbocycles. The molecule has 0 radical (unpaired) electrons. The monoisotopic (exact) mass is 123 g/mol. The zero-order valence-electron chi connectivity index (χ0n) is 5.64. The van der Waals surface area contributed by atoms with Crippen molar-refractivity contribution < 1.29 is 0 Å². The third-order valence-electron chi connectivity index (χ3n) is 3.82. The molecule has 2 N–H and O–H groups in total. The summed E-state index contributed by atoms with van der Waals surface area (Å²) in [6.07, 6.45) is 5.84. The highest BCUT2D eigenvalue weighted by atomic mass is 14.9. The van der Waals surface area contributed by atoms with Gasteiger partial charge in [0.25, 0.3) is 0 Å². The van der Waals surface area contributed by atoms with Crippen molar-refractivity contribution in [3.05, 3.63) is 0 Å². The Morgan fingerprint density at radius 3 is 2.44 bits per heavy atom. The van der Waals surface area contributed by atoms with Gasteiger partial charge in [-0.1, -0.05) is 0 Å². The van der Waals surface area contributed by atoms with Gasteiger partial charge in [-0.2, -0.15) is 0 Å². The largest absolute Gasteiger partial charge is 0.327 e. The summed E-state index contributed by atoms with van der Waals surface area (Å²) in [7, 11) is 0. The first-order valence-corrected chi connectivity index (χ1v) is 4.08. The quantitative estimate of drug-likeness (QED) is 0.513. The Morgan fingerprint density at radius 1 is 1.44 bits per heavy atom. The van der Waals surface area contributed by atoms with Gasteiger partial charge >= 0.3 is 0 Å². The molecule has 0 amide bonds. The van der Waals surface area contributed by atoms with Crippen LogP contribution >= 0.6 is 0 Å². The summed E-state index contributed by atoms with van der Waals surface area (Å²) in [6.45, 7) is 0. The van der Waals surface area contributed by atoms with Crippen LogP contribution in [0.15, 0.2) is 0 Å². The fourth-order valence-corrected chi connectivity index (χ4v) is 2.97. The van der Waals surface area contributed by atoms with Gasteiger partial charge in [0.2, 0.25) is 0 Å². The SMILES string of the molecule is NC1CC12CCC1CC12. The number of hydrogen-bond donors (Lipinski definition) is 1. The number of nitrogens with two attached hydrogens (primary N) is 1. The maximum absolute atomic E-state index is 5.88. The first kappa shape index (κ1) is 4.73. The molecule has 3 fully saturated rings. The van der Waals surface area contributed by atoms with Crippen molar-refractivity contribution in [1.82, 2.24) is 0 Å². The van der Waals surface area contributed by atoms with Gasteiger partial charge in [0.15, 0.2) is 0 Å². The molecule has 4 atom stereocenters. The second-order valence-corrected chi connectivity index (χ2v) is 4.18. The molecule has 1 heteroatoms. The van der Waals surface area contributed by atoms with Gasteiger partial charge < -0.3 is 5.73 Å². The normalized spacial score (nSPS) is 68.3. The molecule has 0 aromatic heterocycles. The Labute approximate surface area is 55.6 Å². The maximum Gasteiger partial charge on any atom is 0.0105 e. The third-order valence-corrected chi connectivity index (χ3v) is 3.82. The van der Waals surface area contributed by atoms with E-state index in [0.29, 0.717) is 11.5 Å². The van der Waals surface area contributed by atoms with Gasteiger partial charge in [0.1, 0.15) is 0 Å². The molecule has 0 aliphatic heterocycles. The zero-order valence-corrected chi connectivity index (χ0v) is 5.64. The standard InChI is InChI=1S/C8H13N/c9-7-4-8(7)2-1-5-3-6(5)8/h5-7H,1-4,9H2. The summed E-state index contributed by atoms with van der Waals surface area (Å²) < 4.78 is 0. The van der Waals surface area contributed by atoms with Crippen LogP contribution in [0.1, 0.15) is 25.7 Å². The van der Waals surface area contributed by atoms with Crippen molar-refractivity contribution in [3.63, 3.8) is 0 Å². The van der Waals surface area contributed by atoms with Crippen LogP contribution in [0.4, 0.5) is 0 Å². The van der Waals surface area contributed by atoms with Gasteiger partial charge in [-0.15, -0.1) is 0 Å². The zero-order chi connectivity index (χ0) is 6.06. The molecule has 1 nitrogen and oxygen atoms in total. The Morgan fingerprint density at radius 2 is 2.22 bits per heavy atom. The van der Waals surface area contributed by atoms with Crippen molar-refractivity contribution in [2.24, 2.45) is 23.0 Å². The topological polar surface area (TPSA) is 26.0 Å². The molecule has 1 spiro atoms. The van der Waals surface area contributed by atoms with Crippen LogP contribution < -0.4 is 5.73 Å². The van der Waals surface area contributed by atoms with E-state index in [1.165, 1.54) is 25.7 Å². The van der Waals surface area contributed by atoms with Gasteiger partial charge in [-0.3, -0.25) is 0 Å². The lowest BCUT2D eigenvalue weighted by atomic mass is 10.00. The Hall–Kier alpha value is -0.0400. The minimum absolute atomic E-state index is 0.606. The van der Waals surface area contributed by atoms with Crippen LogP contribution in [0.25, 0.3) is 0 Å². The predicted molar refractivity (Wildman–Crippen MR) is 35.9 cm³/mol. The fourth-order valence-electron chi connectivity index (χ4n) is 2.97. The molecule has 3 aliphatic rings. The average molecular weight is 123 g/mol. The summed E-state index contributed by atoms with van der Waals surface area (Å²) >= 11 is 0. The van der Waals surface area contributed by atoms with E-state index < -0.39 is 0 Å². The van der Waals surface area contributed by atoms with Crippen molar-refractivity contribution in [2.75, 3.05) is 0 Å². The van der Waals surface area contributed by atoms with Crippen molar-refractivity contribution in [2.45, 2.75) is 31.7 Å². The van der Waals surface area contributed by atoms with Gasteiger partial charge in [-0.25, -0.2) is 0 Å². The Kier molecular flexibility index (Phi) is 0.563. The number of fused-ring (bicyclic) bond motifs is 2. The van der Waals surface area contributed by atoms with E-state index in [9.17, 15) is 0 Å². The molecule has 0 heterocycles. The predicted octanol–water partition coefficient (Wildman–Crippen LogP) is 1.13. The minimum atomic E-state index is 0.606. The second-order valence-electron chi connectivity index (χ2n) is 4.18. The van der Waals surface area contributed by atoms with E-state index in [-0.39, 0.29) is 0 Å². The van der Waals surface area contributed by atoms with Crippen molar-refractivity contribution in [3.8, 4) is 0 Å². The van der Waals surface area contributed by atoms with Crippen LogP contribution in [-0.4, -0.2) is 6.04 Å². The summed E-state index contributed by atoms with van der Waals surface area (Å²) in [5.41, 5.74) is 6.59. The Balaban J connectivity index is 1.93. The van der Waals surface area contributed by atoms with Gasteiger partial charge in [0, 0.05) is 6.04 Å². The highest BCUT2D eigenvalue weighted by Crippen LogP contribution is 2.72. The van der Waals surface area contributed by atoms with E-state index in [1.54, 1.807) is 0 Å². The van der Waals surface area contributed by atoms with Crippen LogP contribution in [0.2, 0.25) is 0 Å². The van der Waals surface area contributed by atoms with Crippen LogP contribution in [0.3, 0.4) is 0 Å². The molecule has 0 aromatic carbocycles. The van der Waals surface area contributed by atoms with Crippen molar-refractivity contribution >= 4 is 0 Å². The summed E-state index contributed by atoms with van der Waals surface area (Å²) in [4.78, 5) is 0. The summed E-state index contributed by atoms with van der Waals surface area (Å²) in [5.74, 6) is 2.21. The highest BCUT2D eigenvalue weighted by Gasteiger charge is 2.67. The van der Waals surface area contributed by atoms with Crippen molar-refractivity contribution in [1.29, 1.82) is 0 Å². The van der Waals surface area contributed by atoms with E-state index in [4.69, 9.17) is 5.73 Å². The van der Waals surface area contributed by atoms with E-state index in [1.807, 2.05) is 0 Å². The first-order chi connectivity index (χ1) is 4.33. The first-order valence-electron chi connectivity index (χ1n) is 4.08. The number of hydrogen-bond acceptors (Lipinski definition) is 1. The Bertz CT molecular complexity index is 166. The van der Waals surface area contributed by atoms with E-state index in [2.05, 4.69) is 0 Å². The maximum atomic E-state index is 5.88. The van der Waals surface area contributed by atoms with E-state index >= 15 is 0 Å². The van der Waals surface area contributed by atoms with Gasteiger partial charge in [0.05, 0.1) is 0 Å². The second kappa shape index (κ2) is 1.07. The molecule has 0 saturated heterocycles.